The lowest BCUT2D eigenvalue weighted by atomic mass is 9.80. The topological polar surface area (TPSA) is 38.7 Å². The molecule has 1 saturated carbocycles. The Hall–Kier alpha value is -3.80. The molecule has 1 N–H and O–H groups in total. The number of ether oxygens (including phenoxy) is 1. The van der Waals surface area contributed by atoms with Crippen molar-refractivity contribution < 1.29 is 14.3 Å². The maximum atomic E-state index is 11.6. The van der Waals surface area contributed by atoms with Crippen LogP contribution >= 0.6 is 0 Å². The van der Waals surface area contributed by atoms with Crippen LogP contribution in [0.2, 0.25) is 5.04 Å². The van der Waals surface area contributed by atoms with Crippen LogP contribution in [0.5, 0.6) is 0 Å². The van der Waals surface area contributed by atoms with E-state index in [1.54, 1.807) is 0 Å². The predicted molar refractivity (Wildman–Crippen MR) is 186 cm³/mol. The van der Waals surface area contributed by atoms with Gasteiger partial charge < -0.3 is 14.3 Å². The molecule has 3 unspecified atom stereocenters. The Morgan fingerprint density at radius 2 is 0.956 bits per heavy atom. The van der Waals surface area contributed by atoms with Gasteiger partial charge in [-0.1, -0.05) is 172 Å². The fraction of sp³-hybridized carbons (Fsp3) is 0.268. The molecule has 5 aromatic rings. The van der Waals surface area contributed by atoms with E-state index in [0.717, 1.165) is 23.1 Å². The molecule has 3 atom stereocenters. The largest absolute Gasteiger partial charge is 0.404 e. The summed E-state index contributed by atoms with van der Waals surface area (Å²) < 4.78 is 14.9. The molecular formula is C41H44O3Si. The van der Waals surface area contributed by atoms with E-state index in [1.807, 2.05) is 18.2 Å². The van der Waals surface area contributed by atoms with Crippen molar-refractivity contribution in [3.05, 3.63) is 168 Å². The van der Waals surface area contributed by atoms with Crippen molar-refractivity contribution in [2.24, 2.45) is 5.92 Å². The zero-order valence-electron chi connectivity index (χ0n) is 26.6. The predicted octanol–water partition coefficient (Wildman–Crippen LogP) is 7.71. The van der Waals surface area contributed by atoms with Crippen LogP contribution < -0.4 is 10.4 Å². The zero-order valence-corrected chi connectivity index (χ0v) is 27.6. The summed E-state index contributed by atoms with van der Waals surface area (Å²) in [5, 5.41) is 13.9. The molecule has 0 radical (unpaired) electrons. The summed E-state index contributed by atoms with van der Waals surface area (Å²) in [5.41, 5.74) is 2.31. The van der Waals surface area contributed by atoms with Gasteiger partial charge in [0, 0.05) is 5.92 Å². The molecule has 0 spiro atoms. The maximum absolute atomic E-state index is 11.6. The standard InChI is InChI=1S/C41H44O3Si/c1-40(2,3)45(35-25-15-7-16-26-35,36-27-17-8-18-28-36)44-39-30-29-38(42)37(39)31-43-41(32-19-9-4-10-20-32,33-21-11-5-12-22-33)34-23-13-6-14-24-34/h4-28,37-39,42H,29-31H2,1-3H3. The lowest BCUT2D eigenvalue weighted by Crippen LogP contribution is -2.68. The van der Waals surface area contributed by atoms with E-state index in [1.165, 1.54) is 10.4 Å². The Morgan fingerprint density at radius 1 is 0.578 bits per heavy atom. The second-order valence-electron chi connectivity index (χ2n) is 13.2. The summed E-state index contributed by atoms with van der Waals surface area (Å²) in [6.07, 6.45) is 0.792. The fourth-order valence-corrected chi connectivity index (χ4v) is 12.0. The first-order chi connectivity index (χ1) is 21.9. The Kier molecular flexibility index (Phi) is 9.20. The second kappa shape index (κ2) is 13.3. The van der Waals surface area contributed by atoms with Gasteiger partial charge >= 0.3 is 0 Å². The average Bonchev–Trinajstić information content (AvgIpc) is 3.43. The molecule has 0 bridgehead atoms. The summed E-state index contributed by atoms with van der Waals surface area (Å²) >= 11 is 0. The highest BCUT2D eigenvalue weighted by atomic mass is 28.4. The van der Waals surface area contributed by atoms with Gasteiger partial charge in [-0.25, -0.2) is 0 Å². The molecule has 0 aromatic heterocycles. The van der Waals surface area contributed by atoms with E-state index in [4.69, 9.17) is 9.16 Å². The van der Waals surface area contributed by atoms with Crippen LogP contribution in [0.25, 0.3) is 0 Å². The van der Waals surface area contributed by atoms with Crippen LogP contribution in [0.15, 0.2) is 152 Å². The van der Waals surface area contributed by atoms with E-state index >= 15 is 0 Å². The van der Waals surface area contributed by atoms with Gasteiger partial charge in [0.2, 0.25) is 0 Å². The minimum atomic E-state index is -2.82. The third-order valence-electron chi connectivity index (χ3n) is 9.50. The SMILES string of the molecule is CC(C)(C)[Si](OC1CCC(O)C1COC(c1ccccc1)(c1ccccc1)c1ccccc1)(c1ccccc1)c1ccccc1. The molecule has 230 valence electrons. The van der Waals surface area contributed by atoms with Crippen molar-refractivity contribution in [2.45, 2.75) is 56.5 Å². The molecule has 0 saturated heterocycles. The highest BCUT2D eigenvalue weighted by Crippen LogP contribution is 2.44. The third-order valence-corrected chi connectivity index (χ3v) is 14.6. The summed E-state index contributed by atoms with van der Waals surface area (Å²) in [7, 11) is -2.82. The van der Waals surface area contributed by atoms with Crippen molar-refractivity contribution in [2.75, 3.05) is 6.61 Å². The van der Waals surface area contributed by atoms with Crippen LogP contribution in [0, 0.1) is 5.92 Å². The van der Waals surface area contributed by atoms with Gasteiger partial charge in [-0.05, 0) is 44.9 Å². The summed E-state index contributed by atoms with van der Waals surface area (Å²) in [5.74, 6) is -0.192. The lowest BCUT2D eigenvalue weighted by Gasteiger charge is -2.46. The number of aliphatic hydroxyl groups excluding tert-OH is 1. The van der Waals surface area contributed by atoms with Gasteiger partial charge in [0.15, 0.2) is 0 Å². The zero-order chi connectivity index (χ0) is 31.3. The summed E-state index contributed by atoms with van der Waals surface area (Å²) in [6, 6.07) is 52.9. The average molecular weight is 613 g/mol. The van der Waals surface area contributed by atoms with Crippen LogP contribution in [0.3, 0.4) is 0 Å². The van der Waals surface area contributed by atoms with E-state index in [-0.39, 0.29) is 17.1 Å². The first-order valence-electron chi connectivity index (χ1n) is 16.1. The summed E-state index contributed by atoms with van der Waals surface area (Å²) in [6.45, 7) is 7.27. The Bertz CT molecular complexity index is 1480. The van der Waals surface area contributed by atoms with Crippen molar-refractivity contribution in [1.82, 2.24) is 0 Å². The van der Waals surface area contributed by atoms with E-state index in [0.29, 0.717) is 13.0 Å². The Morgan fingerprint density at radius 3 is 1.33 bits per heavy atom. The number of benzene rings is 5. The highest BCUT2D eigenvalue weighted by Gasteiger charge is 2.54. The fourth-order valence-electron chi connectivity index (χ4n) is 7.28. The van der Waals surface area contributed by atoms with Gasteiger partial charge in [-0.2, -0.15) is 0 Å². The second-order valence-corrected chi connectivity index (χ2v) is 17.5. The molecule has 6 rings (SSSR count). The van der Waals surface area contributed by atoms with E-state index < -0.39 is 20.0 Å². The van der Waals surface area contributed by atoms with Crippen LogP contribution in [-0.4, -0.2) is 32.2 Å². The number of hydrogen-bond acceptors (Lipinski definition) is 3. The molecule has 1 aliphatic rings. The van der Waals surface area contributed by atoms with Crippen molar-refractivity contribution >= 4 is 18.7 Å². The molecule has 1 fully saturated rings. The first kappa shape index (κ1) is 31.2. The molecular weight excluding hydrogens is 569 g/mol. The van der Waals surface area contributed by atoms with Gasteiger partial charge in [0.1, 0.15) is 5.60 Å². The monoisotopic (exact) mass is 612 g/mol. The lowest BCUT2D eigenvalue weighted by molar-refractivity contribution is -0.0516. The number of rotatable bonds is 10. The smallest absolute Gasteiger partial charge is 0.261 e. The quantitative estimate of drug-likeness (QED) is 0.130. The third kappa shape index (κ3) is 5.96. The van der Waals surface area contributed by atoms with Crippen LogP contribution in [0.1, 0.15) is 50.3 Å². The molecule has 5 aromatic carbocycles. The molecule has 0 heterocycles. The van der Waals surface area contributed by atoms with Gasteiger partial charge in [-0.3, -0.25) is 0 Å². The Balaban J connectivity index is 1.42. The normalized spacial score (nSPS) is 19.0. The van der Waals surface area contributed by atoms with E-state index in [2.05, 4.69) is 154 Å². The number of aliphatic hydroxyl groups is 1. The van der Waals surface area contributed by atoms with Gasteiger partial charge in [0.05, 0.1) is 18.8 Å². The van der Waals surface area contributed by atoms with Crippen LogP contribution in [0.4, 0.5) is 0 Å². The van der Waals surface area contributed by atoms with Gasteiger partial charge in [0.25, 0.3) is 8.32 Å². The molecule has 4 heteroatoms. The molecule has 45 heavy (non-hydrogen) atoms. The highest BCUT2D eigenvalue weighted by molar-refractivity contribution is 6.99. The minimum absolute atomic E-state index is 0.156. The van der Waals surface area contributed by atoms with Crippen LogP contribution in [-0.2, 0) is 14.8 Å². The van der Waals surface area contributed by atoms with Crippen molar-refractivity contribution in [3.8, 4) is 0 Å². The van der Waals surface area contributed by atoms with Crippen molar-refractivity contribution in [1.29, 1.82) is 0 Å². The van der Waals surface area contributed by atoms with Crippen molar-refractivity contribution in [3.63, 3.8) is 0 Å². The minimum Gasteiger partial charge on any atom is -0.404 e. The number of hydrogen-bond donors (Lipinski definition) is 1. The maximum Gasteiger partial charge on any atom is 0.261 e. The van der Waals surface area contributed by atoms with Gasteiger partial charge in [-0.15, -0.1) is 0 Å². The Labute approximate surface area is 269 Å². The molecule has 0 aliphatic heterocycles. The molecule has 1 aliphatic carbocycles. The van der Waals surface area contributed by atoms with E-state index in [9.17, 15) is 5.11 Å². The summed E-state index contributed by atoms with van der Waals surface area (Å²) in [4.78, 5) is 0. The molecule has 0 amide bonds. The molecule has 3 nitrogen and oxygen atoms in total. The first-order valence-corrected chi connectivity index (χ1v) is 18.0.